The minimum absolute atomic E-state index is 0.102. The Morgan fingerprint density at radius 1 is 1.27 bits per heavy atom. The molecule has 0 saturated heterocycles. The van der Waals surface area contributed by atoms with Crippen LogP contribution < -0.4 is 5.32 Å². The van der Waals surface area contributed by atoms with Crippen LogP contribution in [0.2, 0.25) is 0 Å². The summed E-state index contributed by atoms with van der Waals surface area (Å²) < 4.78 is 5.36. The number of hydrogen-bond acceptors (Lipinski definition) is 3. The van der Waals surface area contributed by atoms with Gasteiger partial charge in [0, 0.05) is 19.7 Å². The number of methoxy groups -OCH3 is 1. The van der Waals surface area contributed by atoms with Crippen molar-refractivity contribution in [2.45, 2.75) is 58.8 Å². The summed E-state index contributed by atoms with van der Waals surface area (Å²) in [5.74, 6) is 0.306. The Kier molecular flexibility index (Phi) is 6.41. The minimum Gasteiger partial charge on any atom is -0.392 e. The highest BCUT2D eigenvalue weighted by Gasteiger charge is 2.20. The SMILES string of the molecule is COC(C)(C)CC(C)NCC(O)C(C)C. The molecule has 0 aliphatic rings. The molecular formula is C12H27NO2. The Morgan fingerprint density at radius 2 is 1.80 bits per heavy atom. The first-order chi connectivity index (χ1) is 6.78. The van der Waals surface area contributed by atoms with Crippen molar-refractivity contribution in [3.05, 3.63) is 0 Å². The predicted molar refractivity (Wildman–Crippen MR) is 64.0 cm³/mol. The van der Waals surface area contributed by atoms with Crippen LogP contribution in [0, 0.1) is 5.92 Å². The second kappa shape index (κ2) is 6.46. The molecule has 0 aromatic heterocycles. The Morgan fingerprint density at radius 3 is 2.20 bits per heavy atom. The largest absolute Gasteiger partial charge is 0.392 e. The molecule has 92 valence electrons. The molecule has 2 atom stereocenters. The van der Waals surface area contributed by atoms with Crippen molar-refractivity contribution >= 4 is 0 Å². The van der Waals surface area contributed by atoms with Gasteiger partial charge in [0.05, 0.1) is 11.7 Å². The molecule has 0 aliphatic heterocycles. The fourth-order valence-electron chi connectivity index (χ4n) is 1.45. The second-order valence-corrected chi connectivity index (χ2v) is 5.29. The molecule has 2 unspecified atom stereocenters. The normalized spacial score (nSPS) is 16.8. The lowest BCUT2D eigenvalue weighted by Crippen LogP contribution is -2.40. The lowest BCUT2D eigenvalue weighted by Gasteiger charge is -2.28. The van der Waals surface area contributed by atoms with Gasteiger partial charge < -0.3 is 15.2 Å². The zero-order chi connectivity index (χ0) is 12.1. The van der Waals surface area contributed by atoms with Gasteiger partial charge in [-0.2, -0.15) is 0 Å². The van der Waals surface area contributed by atoms with Crippen molar-refractivity contribution in [3.63, 3.8) is 0 Å². The van der Waals surface area contributed by atoms with Gasteiger partial charge in [-0.15, -0.1) is 0 Å². The molecule has 2 N–H and O–H groups in total. The van der Waals surface area contributed by atoms with Gasteiger partial charge in [0.15, 0.2) is 0 Å². The van der Waals surface area contributed by atoms with E-state index in [9.17, 15) is 5.11 Å². The topological polar surface area (TPSA) is 41.5 Å². The van der Waals surface area contributed by atoms with Crippen molar-refractivity contribution in [1.82, 2.24) is 5.32 Å². The Bertz CT molecular complexity index is 169. The maximum Gasteiger partial charge on any atom is 0.0687 e. The van der Waals surface area contributed by atoms with Crippen molar-refractivity contribution in [2.24, 2.45) is 5.92 Å². The molecule has 3 heteroatoms. The van der Waals surface area contributed by atoms with Crippen LogP contribution in [-0.2, 0) is 4.74 Å². The maximum atomic E-state index is 9.64. The minimum atomic E-state index is -0.266. The Labute approximate surface area is 94.2 Å². The molecular weight excluding hydrogens is 190 g/mol. The number of ether oxygens (including phenoxy) is 1. The van der Waals surface area contributed by atoms with Crippen LogP contribution in [0.5, 0.6) is 0 Å². The van der Waals surface area contributed by atoms with Crippen LogP contribution in [0.3, 0.4) is 0 Å². The van der Waals surface area contributed by atoms with Gasteiger partial charge in [-0.25, -0.2) is 0 Å². The van der Waals surface area contributed by atoms with Crippen LogP contribution in [0.4, 0.5) is 0 Å². The fraction of sp³-hybridized carbons (Fsp3) is 1.00. The first-order valence-corrected chi connectivity index (χ1v) is 5.75. The first-order valence-electron chi connectivity index (χ1n) is 5.75. The quantitative estimate of drug-likeness (QED) is 0.683. The lowest BCUT2D eigenvalue weighted by atomic mass is 9.99. The third-order valence-electron chi connectivity index (χ3n) is 2.80. The number of nitrogens with one attached hydrogen (secondary N) is 1. The van der Waals surface area contributed by atoms with E-state index in [1.54, 1.807) is 7.11 Å². The lowest BCUT2D eigenvalue weighted by molar-refractivity contribution is 0.00702. The smallest absolute Gasteiger partial charge is 0.0687 e. The number of aliphatic hydroxyl groups excluding tert-OH is 1. The van der Waals surface area contributed by atoms with Crippen LogP contribution >= 0.6 is 0 Å². The molecule has 0 amide bonds. The Balaban J connectivity index is 3.80. The van der Waals surface area contributed by atoms with Gasteiger partial charge in [0.1, 0.15) is 0 Å². The van der Waals surface area contributed by atoms with Gasteiger partial charge in [0.25, 0.3) is 0 Å². The maximum absolute atomic E-state index is 9.64. The average Bonchev–Trinajstić information content (AvgIpc) is 2.13. The van der Waals surface area contributed by atoms with Crippen molar-refractivity contribution < 1.29 is 9.84 Å². The van der Waals surface area contributed by atoms with E-state index in [1.165, 1.54) is 0 Å². The van der Waals surface area contributed by atoms with Crippen LogP contribution in [0.1, 0.15) is 41.0 Å². The summed E-state index contributed by atoms with van der Waals surface area (Å²) in [6.07, 6.45) is 0.673. The van der Waals surface area contributed by atoms with Crippen molar-refractivity contribution in [3.8, 4) is 0 Å². The van der Waals surface area contributed by atoms with E-state index in [0.717, 1.165) is 6.42 Å². The summed E-state index contributed by atoms with van der Waals surface area (Å²) >= 11 is 0. The monoisotopic (exact) mass is 217 g/mol. The van der Waals surface area contributed by atoms with E-state index in [0.29, 0.717) is 18.5 Å². The zero-order valence-electron chi connectivity index (χ0n) is 11.0. The van der Waals surface area contributed by atoms with Gasteiger partial charge in [-0.3, -0.25) is 0 Å². The number of aliphatic hydroxyl groups is 1. The molecule has 0 heterocycles. The molecule has 15 heavy (non-hydrogen) atoms. The highest BCUT2D eigenvalue weighted by Crippen LogP contribution is 2.15. The summed E-state index contributed by atoms with van der Waals surface area (Å²) in [4.78, 5) is 0. The standard InChI is InChI=1S/C12H27NO2/c1-9(2)11(14)8-13-10(3)7-12(4,5)15-6/h9-11,13-14H,7-8H2,1-6H3. The molecule has 0 aliphatic carbocycles. The van der Waals surface area contributed by atoms with E-state index < -0.39 is 0 Å². The summed E-state index contributed by atoms with van der Waals surface area (Å²) in [5, 5.41) is 13.0. The van der Waals surface area contributed by atoms with E-state index in [-0.39, 0.29) is 11.7 Å². The number of hydrogen-bond donors (Lipinski definition) is 2. The van der Waals surface area contributed by atoms with E-state index in [4.69, 9.17) is 4.74 Å². The summed E-state index contributed by atoms with van der Waals surface area (Å²) in [7, 11) is 1.73. The molecule has 0 fully saturated rings. The molecule has 0 rings (SSSR count). The van der Waals surface area contributed by atoms with Gasteiger partial charge in [0.2, 0.25) is 0 Å². The van der Waals surface area contributed by atoms with Crippen molar-refractivity contribution in [1.29, 1.82) is 0 Å². The molecule has 3 nitrogen and oxygen atoms in total. The van der Waals surface area contributed by atoms with E-state index in [1.807, 2.05) is 13.8 Å². The van der Waals surface area contributed by atoms with Crippen LogP contribution in [-0.4, -0.2) is 36.5 Å². The average molecular weight is 217 g/mol. The van der Waals surface area contributed by atoms with Gasteiger partial charge >= 0.3 is 0 Å². The predicted octanol–water partition coefficient (Wildman–Crippen LogP) is 1.80. The number of rotatable bonds is 7. The molecule has 0 spiro atoms. The Hall–Kier alpha value is -0.120. The molecule has 0 radical (unpaired) electrons. The summed E-state index contributed by atoms with van der Waals surface area (Å²) in [5.41, 5.74) is -0.102. The summed E-state index contributed by atoms with van der Waals surface area (Å²) in [6.45, 7) is 11.0. The second-order valence-electron chi connectivity index (χ2n) is 5.29. The molecule has 0 bridgehead atoms. The third kappa shape index (κ3) is 6.88. The highest BCUT2D eigenvalue weighted by atomic mass is 16.5. The molecule has 0 saturated carbocycles. The third-order valence-corrected chi connectivity index (χ3v) is 2.80. The molecule has 0 aromatic carbocycles. The fourth-order valence-corrected chi connectivity index (χ4v) is 1.45. The molecule has 0 aromatic rings. The van der Waals surface area contributed by atoms with E-state index >= 15 is 0 Å². The van der Waals surface area contributed by atoms with Crippen molar-refractivity contribution in [2.75, 3.05) is 13.7 Å². The van der Waals surface area contributed by atoms with Crippen LogP contribution in [0.15, 0.2) is 0 Å². The van der Waals surface area contributed by atoms with Gasteiger partial charge in [-0.05, 0) is 33.1 Å². The van der Waals surface area contributed by atoms with Gasteiger partial charge in [-0.1, -0.05) is 13.8 Å². The van der Waals surface area contributed by atoms with E-state index in [2.05, 4.69) is 26.1 Å². The summed E-state index contributed by atoms with van der Waals surface area (Å²) in [6, 6.07) is 0.355. The van der Waals surface area contributed by atoms with Crippen LogP contribution in [0.25, 0.3) is 0 Å². The highest BCUT2D eigenvalue weighted by molar-refractivity contribution is 4.76. The zero-order valence-corrected chi connectivity index (χ0v) is 11.0. The first kappa shape index (κ1) is 14.9.